The minimum absolute atomic E-state index is 0.000101. The largest absolute Gasteiger partial charge is 0.353 e. The van der Waals surface area contributed by atoms with E-state index in [-0.39, 0.29) is 17.9 Å². The first-order chi connectivity index (χ1) is 10.0. The van der Waals surface area contributed by atoms with Crippen molar-refractivity contribution in [3.05, 3.63) is 35.4 Å². The van der Waals surface area contributed by atoms with Gasteiger partial charge in [-0.15, -0.1) is 0 Å². The number of hydrogen-bond acceptors (Lipinski definition) is 3. The van der Waals surface area contributed by atoms with Crippen molar-refractivity contribution >= 4 is 11.8 Å². The number of carbonyl (C=O) groups excluding carboxylic acids is 2. The molecule has 0 radical (unpaired) electrons. The molecule has 1 aromatic carbocycles. The normalized spacial score (nSPS) is 19.2. The second kappa shape index (κ2) is 6.72. The van der Waals surface area contributed by atoms with Gasteiger partial charge in [0.1, 0.15) is 0 Å². The molecule has 0 saturated carbocycles. The molecule has 1 saturated heterocycles. The molecule has 0 aliphatic carbocycles. The lowest BCUT2D eigenvalue weighted by Gasteiger charge is -2.34. The molecule has 1 aliphatic rings. The van der Waals surface area contributed by atoms with Crippen LogP contribution in [-0.2, 0) is 11.3 Å². The van der Waals surface area contributed by atoms with Crippen molar-refractivity contribution in [3.8, 4) is 0 Å². The summed E-state index contributed by atoms with van der Waals surface area (Å²) < 4.78 is 0. The maximum Gasteiger partial charge on any atom is 0.253 e. The molecule has 1 aromatic rings. The highest BCUT2D eigenvalue weighted by Crippen LogP contribution is 2.17. The zero-order valence-corrected chi connectivity index (χ0v) is 12.9. The van der Waals surface area contributed by atoms with Crippen LogP contribution in [0.15, 0.2) is 24.3 Å². The Kier molecular flexibility index (Phi) is 4.96. The van der Waals surface area contributed by atoms with Gasteiger partial charge in [0, 0.05) is 39.3 Å². The van der Waals surface area contributed by atoms with Gasteiger partial charge in [-0.3, -0.25) is 14.5 Å². The summed E-state index contributed by atoms with van der Waals surface area (Å²) in [7, 11) is 3.50. The lowest BCUT2D eigenvalue weighted by atomic mass is 10.0. The SMILES string of the molecule is CCC1C(=O)NCCN1Cc1ccccc1C(=O)N(C)C. The van der Waals surface area contributed by atoms with Crippen molar-refractivity contribution < 1.29 is 9.59 Å². The summed E-state index contributed by atoms with van der Waals surface area (Å²) in [6.45, 7) is 4.12. The molecular formula is C16H23N3O2. The molecule has 0 aromatic heterocycles. The van der Waals surface area contributed by atoms with Crippen molar-refractivity contribution in [2.24, 2.45) is 0 Å². The Bertz CT molecular complexity index is 528. The second-order valence-electron chi connectivity index (χ2n) is 5.54. The van der Waals surface area contributed by atoms with Gasteiger partial charge in [0.25, 0.3) is 5.91 Å². The van der Waals surface area contributed by atoms with Gasteiger partial charge in [0.05, 0.1) is 6.04 Å². The molecule has 5 nitrogen and oxygen atoms in total. The molecule has 114 valence electrons. The van der Waals surface area contributed by atoms with Crippen molar-refractivity contribution in [3.63, 3.8) is 0 Å². The number of carbonyl (C=O) groups is 2. The third kappa shape index (κ3) is 3.42. The number of nitrogens with one attached hydrogen (secondary N) is 1. The first-order valence-electron chi connectivity index (χ1n) is 7.36. The topological polar surface area (TPSA) is 52.7 Å². The van der Waals surface area contributed by atoms with E-state index in [9.17, 15) is 9.59 Å². The first kappa shape index (κ1) is 15.5. The highest BCUT2D eigenvalue weighted by molar-refractivity contribution is 5.95. The number of amides is 2. The maximum atomic E-state index is 12.3. The van der Waals surface area contributed by atoms with Crippen LogP contribution in [-0.4, -0.2) is 54.8 Å². The fourth-order valence-electron chi connectivity index (χ4n) is 2.72. The van der Waals surface area contributed by atoms with Crippen LogP contribution in [0.4, 0.5) is 0 Å². The predicted molar refractivity (Wildman–Crippen MR) is 82.0 cm³/mol. The zero-order chi connectivity index (χ0) is 15.4. The lowest BCUT2D eigenvalue weighted by molar-refractivity contribution is -0.129. The van der Waals surface area contributed by atoms with E-state index in [1.165, 1.54) is 0 Å². The summed E-state index contributed by atoms with van der Waals surface area (Å²) in [5, 5.41) is 2.90. The summed E-state index contributed by atoms with van der Waals surface area (Å²) in [6.07, 6.45) is 0.773. The molecule has 1 N–H and O–H groups in total. The van der Waals surface area contributed by atoms with Gasteiger partial charge < -0.3 is 10.2 Å². The number of hydrogen-bond donors (Lipinski definition) is 1. The molecule has 1 heterocycles. The number of benzene rings is 1. The molecule has 1 aliphatic heterocycles. The van der Waals surface area contributed by atoms with E-state index in [0.29, 0.717) is 18.7 Å². The third-order valence-electron chi connectivity index (χ3n) is 3.86. The molecular weight excluding hydrogens is 266 g/mol. The van der Waals surface area contributed by atoms with Crippen LogP contribution < -0.4 is 5.32 Å². The quantitative estimate of drug-likeness (QED) is 0.903. The fraction of sp³-hybridized carbons (Fsp3) is 0.500. The third-order valence-corrected chi connectivity index (χ3v) is 3.86. The Morgan fingerprint density at radius 1 is 1.38 bits per heavy atom. The zero-order valence-electron chi connectivity index (χ0n) is 12.9. The monoisotopic (exact) mass is 289 g/mol. The smallest absolute Gasteiger partial charge is 0.253 e. The lowest BCUT2D eigenvalue weighted by Crippen LogP contribution is -2.54. The van der Waals surface area contributed by atoms with Crippen molar-refractivity contribution in [2.45, 2.75) is 25.9 Å². The van der Waals surface area contributed by atoms with Gasteiger partial charge >= 0.3 is 0 Å². The number of rotatable bonds is 4. The van der Waals surface area contributed by atoms with Crippen LogP contribution in [0.5, 0.6) is 0 Å². The summed E-state index contributed by atoms with van der Waals surface area (Å²) in [6, 6.07) is 7.52. The molecule has 2 amide bonds. The van der Waals surface area contributed by atoms with E-state index in [1.54, 1.807) is 19.0 Å². The second-order valence-corrected chi connectivity index (χ2v) is 5.54. The van der Waals surface area contributed by atoms with E-state index in [1.807, 2.05) is 31.2 Å². The first-order valence-corrected chi connectivity index (χ1v) is 7.36. The van der Waals surface area contributed by atoms with Gasteiger partial charge in [0.2, 0.25) is 5.91 Å². The Hall–Kier alpha value is -1.88. The maximum absolute atomic E-state index is 12.3. The Morgan fingerprint density at radius 2 is 2.10 bits per heavy atom. The van der Waals surface area contributed by atoms with E-state index < -0.39 is 0 Å². The van der Waals surface area contributed by atoms with Crippen molar-refractivity contribution in [1.29, 1.82) is 0 Å². The molecule has 0 bridgehead atoms. The van der Waals surface area contributed by atoms with E-state index in [2.05, 4.69) is 10.2 Å². The number of nitrogens with zero attached hydrogens (tertiary/aromatic N) is 2. The van der Waals surface area contributed by atoms with Crippen LogP contribution in [0, 0.1) is 0 Å². The molecule has 1 unspecified atom stereocenters. The van der Waals surface area contributed by atoms with Crippen molar-refractivity contribution in [1.82, 2.24) is 15.1 Å². The van der Waals surface area contributed by atoms with Gasteiger partial charge in [-0.1, -0.05) is 25.1 Å². The summed E-state index contributed by atoms with van der Waals surface area (Å²) in [5.41, 5.74) is 1.69. The fourth-order valence-corrected chi connectivity index (χ4v) is 2.72. The predicted octanol–water partition coefficient (Wildman–Crippen LogP) is 1.10. The average Bonchev–Trinajstić information content (AvgIpc) is 2.47. The average molecular weight is 289 g/mol. The van der Waals surface area contributed by atoms with Gasteiger partial charge in [0.15, 0.2) is 0 Å². The van der Waals surface area contributed by atoms with E-state index >= 15 is 0 Å². The summed E-state index contributed by atoms with van der Waals surface area (Å²) in [5.74, 6) is 0.0836. The van der Waals surface area contributed by atoms with Gasteiger partial charge in [-0.05, 0) is 18.1 Å². The van der Waals surface area contributed by atoms with Crippen LogP contribution in [0.1, 0.15) is 29.3 Å². The van der Waals surface area contributed by atoms with Crippen LogP contribution in [0.25, 0.3) is 0 Å². The highest BCUT2D eigenvalue weighted by atomic mass is 16.2. The molecule has 1 atom stereocenters. The molecule has 21 heavy (non-hydrogen) atoms. The Balaban J connectivity index is 2.23. The highest BCUT2D eigenvalue weighted by Gasteiger charge is 2.28. The molecule has 2 rings (SSSR count). The van der Waals surface area contributed by atoms with Gasteiger partial charge in [-0.2, -0.15) is 0 Å². The van der Waals surface area contributed by atoms with Crippen LogP contribution in [0.2, 0.25) is 0 Å². The summed E-state index contributed by atoms with van der Waals surface area (Å²) >= 11 is 0. The van der Waals surface area contributed by atoms with E-state index in [4.69, 9.17) is 0 Å². The van der Waals surface area contributed by atoms with Crippen LogP contribution >= 0.6 is 0 Å². The minimum Gasteiger partial charge on any atom is -0.353 e. The minimum atomic E-state index is -0.110. The van der Waals surface area contributed by atoms with E-state index in [0.717, 1.165) is 18.5 Å². The van der Waals surface area contributed by atoms with Crippen LogP contribution in [0.3, 0.4) is 0 Å². The molecule has 0 spiro atoms. The standard InChI is InChI=1S/C16H23N3O2/c1-4-14-15(20)17-9-10-19(14)11-12-7-5-6-8-13(12)16(21)18(2)3/h5-8,14H,4,9-11H2,1-3H3,(H,17,20). The Labute approximate surface area is 125 Å². The molecule has 5 heteroatoms. The van der Waals surface area contributed by atoms with Gasteiger partial charge in [-0.25, -0.2) is 0 Å². The molecule has 1 fully saturated rings. The van der Waals surface area contributed by atoms with Crippen molar-refractivity contribution in [2.75, 3.05) is 27.2 Å². The Morgan fingerprint density at radius 3 is 2.76 bits per heavy atom. The summed E-state index contributed by atoms with van der Waals surface area (Å²) in [4.78, 5) is 27.9. The number of piperazine rings is 1.